The first-order chi connectivity index (χ1) is 19.3. The molecule has 1 amide bonds. The van der Waals surface area contributed by atoms with Gasteiger partial charge in [-0.05, 0) is 126 Å². The molecule has 0 aliphatic heterocycles. The highest BCUT2D eigenvalue weighted by molar-refractivity contribution is 5.88. The third kappa shape index (κ3) is 3.89. The average molecular weight is 562 g/mol. The van der Waals surface area contributed by atoms with E-state index in [1.165, 1.54) is 37.7 Å². The number of carbonyl (C=O) groups excluding carboxylic acids is 1. The molecule has 0 aromatic heterocycles. The zero-order chi connectivity index (χ0) is 29.4. The summed E-state index contributed by atoms with van der Waals surface area (Å²) in [5, 5.41) is 21.9. The Kier molecular flexibility index (Phi) is 6.84. The molecule has 0 saturated heterocycles. The van der Waals surface area contributed by atoms with Gasteiger partial charge < -0.3 is 15.5 Å². The number of hydrogen-bond acceptors (Lipinski definition) is 3. The zero-order valence-electron chi connectivity index (χ0n) is 25.9. The number of carboxylic acid groups (broad SMARTS) is 1. The standard InChI is InChI=1S/C36H51NO4/c1-32(2)25(23-8-10-24(11-9-23)30(39)40)14-17-33(3)28(32)15-18-35(5)29(33)13-12-26-27-7-6-16-36(27,20-19-34(26,35)4)31(41)37-21-22-38/h8-11,14,26-29,38H,6-7,12-13,15-22H2,1-5H3,(H,37,41)(H,39,40)/t26?,27?,28?,29?,33?,34-,35?,36?/m1/s1. The number of carboxylic acids is 1. The first-order valence-electron chi connectivity index (χ1n) is 16.3. The molecule has 0 heterocycles. The van der Waals surface area contributed by atoms with Crippen LogP contribution in [-0.4, -0.2) is 35.2 Å². The second kappa shape index (κ2) is 9.69. The predicted octanol–water partition coefficient (Wildman–Crippen LogP) is 7.34. The lowest BCUT2D eigenvalue weighted by Gasteiger charge is -2.72. The first kappa shape index (κ1) is 29.0. The lowest BCUT2D eigenvalue weighted by Crippen LogP contribution is -2.65. The van der Waals surface area contributed by atoms with E-state index >= 15 is 0 Å². The minimum absolute atomic E-state index is 0.00723. The van der Waals surface area contributed by atoms with Crippen LogP contribution in [0.1, 0.15) is 115 Å². The summed E-state index contributed by atoms with van der Waals surface area (Å²) in [7, 11) is 0. The van der Waals surface area contributed by atoms with Crippen molar-refractivity contribution < 1.29 is 19.8 Å². The lowest BCUT2D eigenvalue weighted by atomic mass is 9.32. The molecular formula is C36H51NO4. The fourth-order valence-electron chi connectivity index (χ4n) is 12.2. The van der Waals surface area contributed by atoms with E-state index in [4.69, 9.17) is 0 Å². The number of allylic oxidation sites excluding steroid dienone is 2. The largest absolute Gasteiger partial charge is 0.478 e. The van der Waals surface area contributed by atoms with Gasteiger partial charge >= 0.3 is 5.97 Å². The Morgan fingerprint density at radius 3 is 2.27 bits per heavy atom. The fraction of sp³-hybridized carbons (Fsp3) is 0.722. The number of aliphatic hydroxyl groups is 1. The minimum atomic E-state index is -0.875. The summed E-state index contributed by atoms with van der Waals surface area (Å²) < 4.78 is 0. The molecule has 5 aliphatic carbocycles. The number of aliphatic hydroxyl groups excluding tert-OH is 1. The van der Waals surface area contributed by atoms with Crippen LogP contribution in [0, 0.1) is 50.7 Å². The molecule has 4 fully saturated rings. The SMILES string of the molecule is CC1(C)C(c2ccc(C(=O)O)cc2)=CCC2(C)C1CCC1(C)C2CCC2C3CCCC3(C(=O)NCCO)CC[C@]21C. The van der Waals surface area contributed by atoms with Crippen molar-refractivity contribution in [3.05, 3.63) is 41.5 Å². The number of nitrogens with one attached hydrogen (secondary N) is 1. The molecule has 5 nitrogen and oxygen atoms in total. The van der Waals surface area contributed by atoms with Gasteiger partial charge in [-0.3, -0.25) is 4.79 Å². The van der Waals surface area contributed by atoms with E-state index in [0.717, 1.165) is 37.7 Å². The molecule has 224 valence electrons. The molecule has 5 aliphatic rings. The molecule has 3 N–H and O–H groups in total. The van der Waals surface area contributed by atoms with Crippen molar-refractivity contribution in [1.82, 2.24) is 5.32 Å². The van der Waals surface area contributed by atoms with E-state index in [0.29, 0.717) is 35.8 Å². The summed E-state index contributed by atoms with van der Waals surface area (Å²) in [4.78, 5) is 25.0. The summed E-state index contributed by atoms with van der Waals surface area (Å²) in [5.74, 6) is 1.62. The number of benzene rings is 1. The van der Waals surface area contributed by atoms with Gasteiger partial charge in [-0.25, -0.2) is 4.79 Å². The molecule has 5 heteroatoms. The van der Waals surface area contributed by atoms with Gasteiger partial charge in [0, 0.05) is 6.54 Å². The number of fused-ring (bicyclic) bond motifs is 7. The zero-order valence-corrected chi connectivity index (χ0v) is 25.9. The highest BCUT2D eigenvalue weighted by atomic mass is 16.4. The van der Waals surface area contributed by atoms with E-state index in [1.807, 2.05) is 12.1 Å². The maximum atomic E-state index is 13.6. The monoisotopic (exact) mass is 561 g/mol. The Morgan fingerprint density at radius 1 is 0.854 bits per heavy atom. The van der Waals surface area contributed by atoms with E-state index in [2.05, 4.69) is 46.0 Å². The number of hydrogen-bond donors (Lipinski definition) is 3. The van der Waals surface area contributed by atoms with Crippen LogP contribution in [0.4, 0.5) is 0 Å². The molecule has 41 heavy (non-hydrogen) atoms. The molecule has 0 spiro atoms. The number of aromatic carboxylic acids is 1. The summed E-state index contributed by atoms with van der Waals surface area (Å²) in [5.41, 5.74) is 3.37. The Hall–Kier alpha value is -2.14. The van der Waals surface area contributed by atoms with Crippen molar-refractivity contribution >= 4 is 17.4 Å². The molecule has 0 radical (unpaired) electrons. The van der Waals surface area contributed by atoms with Gasteiger partial charge in [0.05, 0.1) is 17.6 Å². The maximum Gasteiger partial charge on any atom is 0.335 e. The summed E-state index contributed by atoms with van der Waals surface area (Å²) in [6.07, 6.45) is 14.0. The summed E-state index contributed by atoms with van der Waals surface area (Å²) >= 11 is 0. The van der Waals surface area contributed by atoms with Gasteiger partial charge in [-0.1, -0.05) is 59.2 Å². The lowest BCUT2D eigenvalue weighted by molar-refractivity contribution is -0.222. The van der Waals surface area contributed by atoms with E-state index < -0.39 is 5.97 Å². The first-order valence-corrected chi connectivity index (χ1v) is 16.3. The second-order valence-electron chi connectivity index (χ2n) is 15.7. The van der Waals surface area contributed by atoms with E-state index in [-0.39, 0.29) is 39.6 Å². The fourth-order valence-corrected chi connectivity index (χ4v) is 12.2. The Bertz CT molecular complexity index is 1250. The van der Waals surface area contributed by atoms with Gasteiger partial charge in [0.25, 0.3) is 0 Å². The van der Waals surface area contributed by atoms with Crippen LogP contribution in [0.15, 0.2) is 30.3 Å². The van der Waals surface area contributed by atoms with Crippen LogP contribution in [0.2, 0.25) is 0 Å². The van der Waals surface area contributed by atoms with Crippen molar-refractivity contribution in [3.8, 4) is 0 Å². The minimum Gasteiger partial charge on any atom is -0.478 e. The molecule has 0 bridgehead atoms. The molecule has 1 aromatic rings. The highest BCUT2D eigenvalue weighted by Crippen LogP contribution is 2.77. The molecule has 6 rings (SSSR count). The smallest absolute Gasteiger partial charge is 0.335 e. The van der Waals surface area contributed by atoms with Gasteiger partial charge in [-0.2, -0.15) is 0 Å². The second-order valence-corrected chi connectivity index (χ2v) is 15.7. The average Bonchev–Trinajstić information content (AvgIpc) is 3.37. The highest BCUT2D eigenvalue weighted by Gasteiger charge is 2.70. The van der Waals surface area contributed by atoms with Gasteiger partial charge in [-0.15, -0.1) is 0 Å². The van der Waals surface area contributed by atoms with Crippen molar-refractivity contribution in [1.29, 1.82) is 0 Å². The maximum absolute atomic E-state index is 13.6. The summed E-state index contributed by atoms with van der Waals surface area (Å²) in [6.45, 7) is 13.1. The van der Waals surface area contributed by atoms with Crippen molar-refractivity contribution in [2.24, 2.45) is 50.7 Å². The number of amides is 1. The number of rotatable bonds is 5. The normalized spacial score (nSPS) is 42.6. The Balaban J connectivity index is 1.32. The van der Waals surface area contributed by atoms with E-state index in [9.17, 15) is 19.8 Å². The Morgan fingerprint density at radius 2 is 1.59 bits per heavy atom. The van der Waals surface area contributed by atoms with Gasteiger partial charge in [0.15, 0.2) is 0 Å². The third-order valence-corrected chi connectivity index (χ3v) is 14.2. The van der Waals surface area contributed by atoms with Gasteiger partial charge in [0.1, 0.15) is 0 Å². The van der Waals surface area contributed by atoms with Gasteiger partial charge in [0.2, 0.25) is 5.91 Å². The van der Waals surface area contributed by atoms with Crippen LogP contribution in [-0.2, 0) is 4.79 Å². The summed E-state index contributed by atoms with van der Waals surface area (Å²) in [6, 6.07) is 7.51. The van der Waals surface area contributed by atoms with Crippen LogP contribution in [0.25, 0.3) is 5.57 Å². The van der Waals surface area contributed by atoms with Crippen LogP contribution < -0.4 is 5.32 Å². The molecule has 1 aromatic carbocycles. The molecular weight excluding hydrogens is 510 g/mol. The van der Waals surface area contributed by atoms with E-state index in [1.54, 1.807) is 12.1 Å². The quantitative estimate of drug-likeness (QED) is 0.351. The Labute approximate surface area is 246 Å². The number of carbonyl (C=O) groups is 2. The topological polar surface area (TPSA) is 86.6 Å². The molecule has 4 saturated carbocycles. The van der Waals surface area contributed by atoms with Crippen LogP contribution in [0.3, 0.4) is 0 Å². The van der Waals surface area contributed by atoms with Crippen molar-refractivity contribution in [2.45, 2.75) is 98.8 Å². The molecule has 8 atom stereocenters. The van der Waals surface area contributed by atoms with Crippen molar-refractivity contribution in [3.63, 3.8) is 0 Å². The van der Waals surface area contributed by atoms with Crippen LogP contribution in [0.5, 0.6) is 0 Å². The van der Waals surface area contributed by atoms with Crippen molar-refractivity contribution in [2.75, 3.05) is 13.2 Å². The van der Waals surface area contributed by atoms with Crippen LogP contribution >= 0.6 is 0 Å². The third-order valence-electron chi connectivity index (χ3n) is 14.2. The molecule has 7 unspecified atom stereocenters. The predicted molar refractivity (Wildman–Crippen MR) is 162 cm³/mol.